The van der Waals surface area contributed by atoms with E-state index in [1.807, 2.05) is 13.0 Å². The van der Waals surface area contributed by atoms with Crippen LogP contribution in [-0.4, -0.2) is 0 Å². The molecule has 2 aromatic carbocycles. The third kappa shape index (κ3) is 2.52. The van der Waals surface area contributed by atoms with Gasteiger partial charge in [0.15, 0.2) is 11.9 Å². The van der Waals surface area contributed by atoms with Gasteiger partial charge in [-0.2, -0.15) is 0 Å². The van der Waals surface area contributed by atoms with Crippen molar-refractivity contribution in [2.24, 2.45) is 7.05 Å². The Bertz CT molecular complexity index is 1240. The number of aryl methyl sites for hydroxylation is 3. The van der Waals surface area contributed by atoms with Crippen LogP contribution in [-0.2, 0) is 7.05 Å². The van der Waals surface area contributed by atoms with Gasteiger partial charge in [0, 0.05) is 28.5 Å². The number of hydrogen-bond donors (Lipinski definition) is 0. The smallest absolute Gasteiger partial charge is 0.216 e. The Hall–Kier alpha value is -3.12. The summed E-state index contributed by atoms with van der Waals surface area (Å²) in [6, 6.07) is 12.6. The van der Waals surface area contributed by atoms with E-state index >= 15 is 0 Å². The van der Waals surface area contributed by atoms with E-state index < -0.39 is 0 Å². The van der Waals surface area contributed by atoms with Crippen LogP contribution in [0.2, 0.25) is 0 Å². The Kier molecular flexibility index (Phi) is 4.00. The minimum Gasteiger partial charge on any atom is -0.456 e. The van der Waals surface area contributed by atoms with Gasteiger partial charge in [-0.3, -0.25) is 0 Å². The number of furan rings is 1. The quantitative estimate of drug-likeness (QED) is 0.302. The Morgan fingerprint density at radius 3 is 2.44 bits per heavy atom. The topological polar surface area (TPSA) is 21.4 Å². The lowest BCUT2D eigenvalue weighted by Crippen LogP contribution is -2.30. The zero-order valence-corrected chi connectivity index (χ0v) is 16.4. The third-order valence-electron chi connectivity index (χ3n) is 5.34. The van der Waals surface area contributed by atoms with Crippen LogP contribution < -0.4 is 4.57 Å². The van der Waals surface area contributed by atoms with Crippen molar-refractivity contribution in [2.45, 2.75) is 33.6 Å². The zero-order chi connectivity index (χ0) is 19.3. The molecule has 4 aromatic rings. The van der Waals surface area contributed by atoms with Crippen molar-refractivity contribution >= 4 is 27.6 Å². The number of pyridine rings is 1. The van der Waals surface area contributed by atoms with E-state index in [4.69, 9.17) is 11.0 Å². The second-order valence-electron chi connectivity index (χ2n) is 7.53. The number of aromatic nitrogens is 1. The van der Waals surface area contributed by atoms with E-state index in [1.165, 1.54) is 5.56 Å². The summed E-state index contributed by atoms with van der Waals surface area (Å²) in [6.45, 7) is 16.0. The molecular formula is C24H23N2O+. The van der Waals surface area contributed by atoms with Crippen molar-refractivity contribution < 1.29 is 8.98 Å². The molecule has 0 unspecified atom stereocenters. The highest BCUT2D eigenvalue weighted by molar-refractivity contribution is 6.12. The minimum absolute atomic E-state index is 0.217. The van der Waals surface area contributed by atoms with E-state index in [2.05, 4.69) is 73.8 Å². The van der Waals surface area contributed by atoms with Crippen LogP contribution in [0.4, 0.5) is 5.69 Å². The van der Waals surface area contributed by atoms with E-state index in [9.17, 15) is 0 Å². The lowest BCUT2D eigenvalue weighted by Gasteiger charge is -2.11. The van der Waals surface area contributed by atoms with Gasteiger partial charge >= 0.3 is 0 Å². The Balaban J connectivity index is 2.21. The molecule has 3 heteroatoms. The predicted octanol–water partition coefficient (Wildman–Crippen LogP) is 6.37. The van der Waals surface area contributed by atoms with Gasteiger partial charge in [0.1, 0.15) is 18.2 Å². The summed E-state index contributed by atoms with van der Waals surface area (Å²) < 4.78 is 8.63. The van der Waals surface area contributed by atoms with E-state index in [1.54, 1.807) is 0 Å². The first-order valence-electron chi connectivity index (χ1n) is 9.25. The summed E-state index contributed by atoms with van der Waals surface area (Å²) in [5.41, 5.74) is 7.90. The normalized spacial score (nSPS) is 11.4. The highest BCUT2D eigenvalue weighted by Gasteiger charge is 2.24. The molecule has 2 heterocycles. The van der Waals surface area contributed by atoms with Crippen LogP contribution in [0.5, 0.6) is 0 Å². The fraction of sp³-hybridized carbons (Fsp3) is 0.250. The second kappa shape index (κ2) is 6.25. The Labute approximate surface area is 159 Å². The van der Waals surface area contributed by atoms with Crippen molar-refractivity contribution in [3.05, 3.63) is 70.7 Å². The fourth-order valence-electron chi connectivity index (χ4n) is 4.01. The van der Waals surface area contributed by atoms with Crippen molar-refractivity contribution in [3.8, 4) is 11.3 Å². The fourth-order valence-corrected chi connectivity index (χ4v) is 4.01. The summed E-state index contributed by atoms with van der Waals surface area (Å²) in [6.07, 6.45) is 2.05. The van der Waals surface area contributed by atoms with Crippen LogP contribution in [0.15, 0.2) is 47.0 Å². The number of nitrogens with zero attached hydrogens (tertiary/aromatic N) is 2. The van der Waals surface area contributed by atoms with Gasteiger partial charge in [-0.05, 0) is 37.0 Å². The van der Waals surface area contributed by atoms with E-state index in [-0.39, 0.29) is 5.92 Å². The maximum absolute atomic E-state index is 7.65. The molecule has 0 saturated carbocycles. The standard InChI is InChI=1S/C24H23N2O/c1-14(2)20-22(25-5)16(4)13-18-17-11-10-15(3)21(23(17)27-24(18)20)19-9-7-8-12-26(19)6/h7-14H,1-4,6H3/q+1. The molecule has 0 saturated heterocycles. The lowest BCUT2D eigenvalue weighted by molar-refractivity contribution is -0.660. The second-order valence-corrected chi connectivity index (χ2v) is 7.53. The summed E-state index contributed by atoms with van der Waals surface area (Å²) in [7, 11) is 2.05. The first kappa shape index (κ1) is 17.3. The first-order valence-corrected chi connectivity index (χ1v) is 9.25. The average molecular weight is 355 g/mol. The molecule has 0 N–H and O–H groups in total. The molecule has 0 aliphatic carbocycles. The summed E-state index contributed by atoms with van der Waals surface area (Å²) in [4.78, 5) is 3.81. The monoisotopic (exact) mass is 355 g/mol. The van der Waals surface area contributed by atoms with Gasteiger partial charge in [-0.1, -0.05) is 32.0 Å². The number of fused-ring (bicyclic) bond motifs is 3. The van der Waals surface area contributed by atoms with E-state index in [0.717, 1.165) is 50.0 Å². The van der Waals surface area contributed by atoms with Crippen molar-refractivity contribution in [1.82, 2.24) is 0 Å². The van der Waals surface area contributed by atoms with Crippen LogP contribution in [0.3, 0.4) is 0 Å². The highest BCUT2D eigenvalue weighted by atomic mass is 16.3. The molecule has 0 radical (unpaired) electrons. The van der Waals surface area contributed by atoms with Gasteiger partial charge < -0.3 is 4.42 Å². The number of rotatable bonds is 2. The van der Waals surface area contributed by atoms with Crippen molar-refractivity contribution in [1.29, 1.82) is 0 Å². The van der Waals surface area contributed by atoms with Crippen LogP contribution in [0.1, 0.15) is 36.5 Å². The summed E-state index contributed by atoms with van der Waals surface area (Å²) in [5, 5.41) is 2.20. The maximum atomic E-state index is 7.65. The van der Waals surface area contributed by atoms with Gasteiger partial charge in [-0.25, -0.2) is 9.41 Å². The lowest BCUT2D eigenvalue weighted by atomic mass is 9.94. The highest BCUT2D eigenvalue weighted by Crippen LogP contribution is 2.44. The van der Waals surface area contributed by atoms with Gasteiger partial charge in [0.2, 0.25) is 5.69 Å². The molecule has 0 aliphatic heterocycles. The van der Waals surface area contributed by atoms with Gasteiger partial charge in [0.25, 0.3) is 0 Å². The summed E-state index contributed by atoms with van der Waals surface area (Å²) >= 11 is 0. The molecule has 27 heavy (non-hydrogen) atoms. The molecule has 4 rings (SSSR count). The third-order valence-corrected chi connectivity index (χ3v) is 5.34. The van der Waals surface area contributed by atoms with Gasteiger partial charge in [0.05, 0.1) is 12.1 Å². The summed E-state index contributed by atoms with van der Waals surface area (Å²) in [5.74, 6) is 0.217. The zero-order valence-electron chi connectivity index (χ0n) is 16.4. The van der Waals surface area contributed by atoms with E-state index in [0.29, 0.717) is 0 Å². The van der Waals surface area contributed by atoms with Crippen LogP contribution >= 0.6 is 0 Å². The number of benzene rings is 2. The molecule has 134 valence electrons. The molecule has 0 aliphatic rings. The molecule has 2 aromatic heterocycles. The average Bonchev–Trinajstić information content (AvgIpc) is 2.99. The molecule has 0 atom stereocenters. The Morgan fingerprint density at radius 2 is 1.78 bits per heavy atom. The maximum Gasteiger partial charge on any atom is 0.216 e. The first-order chi connectivity index (χ1) is 12.9. The number of hydrogen-bond acceptors (Lipinski definition) is 1. The van der Waals surface area contributed by atoms with Crippen LogP contribution in [0.25, 0.3) is 38.0 Å². The SMILES string of the molecule is [C-]#[N+]c1c(C)cc2c(oc3c(-c4cccc[n+]4C)c(C)ccc32)c1C(C)C. The van der Waals surface area contributed by atoms with Crippen LogP contribution in [0, 0.1) is 20.4 Å². The molecular weight excluding hydrogens is 332 g/mol. The Morgan fingerprint density at radius 1 is 1.00 bits per heavy atom. The predicted molar refractivity (Wildman–Crippen MR) is 110 cm³/mol. The van der Waals surface area contributed by atoms with Crippen molar-refractivity contribution in [2.75, 3.05) is 0 Å². The van der Waals surface area contributed by atoms with Gasteiger partial charge in [-0.15, -0.1) is 0 Å². The molecule has 3 nitrogen and oxygen atoms in total. The molecule has 0 amide bonds. The molecule has 0 spiro atoms. The molecule has 0 fully saturated rings. The molecule has 0 bridgehead atoms. The largest absolute Gasteiger partial charge is 0.456 e. The van der Waals surface area contributed by atoms with Crippen molar-refractivity contribution in [3.63, 3.8) is 0 Å². The minimum atomic E-state index is 0.217.